The molecule has 3 rings (SSSR count). The predicted molar refractivity (Wildman–Crippen MR) is 79.4 cm³/mol. The highest BCUT2D eigenvalue weighted by Crippen LogP contribution is 2.34. The molecule has 1 heterocycles. The van der Waals surface area contributed by atoms with Crippen molar-refractivity contribution in [3.63, 3.8) is 0 Å². The topological polar surface area (TPSA) is 91.6 Å². The average Bonchev–Trinajstić information content (AvgIpc) is 3.36. The molecule has 2 aromatic rings. The van der Waals surface area contributed by atoms with Crippen molar-refractivity contribution in [2.45, 2.75) is 19.1 Å². The molecule has 7 heteroatoms. The van der Waals surface area contributed by atoms with E-state index in [1.807, 2.05) is 0 Å². The summed E-state index contributed by atoms with van der Waals surface area (Å²) in [6.45, 7) is 0.0902. The van der Waals surface area contributed by atoms with Crippen LogP contribution in [0.5, 0.6) is 11.5 Å². The summed E-state index contributed by atoms with van der Waals surface area (Å²) in [6, 6.07) is 9.86. The minimum Gasteiger partial charge on any atom is -0.460 e. The fraction of sp³-hybridized carbons (Fsp3) is 0.250. The summed E-state index contributed by atoms with van der Waals surface area (Å²) in [7, 11) is 0. The van der Waals surface area contributed by atoms with E-state index in [0.717, 1.165) is 5.56 Å². The van der Waals surface area contributed by atoms with Crippen LogP contribution in [0.2, 0.25) is 0 Å². The molecule has 1 aromatic heterocycles. The molecule has 1 aliphatic rings. The lowest BCUT2D eigenvalue weighted by Gasteiger charge is -2.07. The number of benzene rings is 1. The van der Waals surface area contributed by atoms with Crippen molar-refractivity contribution in [2.75, 3.05) is 0 Å². The van der Waals surface area contributed by atoms with E-state index in [1.54, 1.807) is 48.8 Å². The Morgan fingerprint density at radius 1 is 1.26 bits per heavy atom. The molecule has 0 radical (unpaired) electrons. The van der Waals surface area contributed by atoms with Gasteiger partial charge in [-0.05, 0) is 29.8 Å². The first kappa shape index (κ1) is 15.0. The molecule has 0 aliphatic heterocycles. The van der Waals surface area contributed by atoms with Gasteiger partial charge < -0.3 is 9.47 Å². The number of pyridine rings is 1. The second-order valence-electron chi connectivity index (χ2n) is 5.24. The molecule has 118 valence electrons. The number of carbonyl (C=O) groups excluding carboxylic acids is 1. The van der Waals surface area contributed by atoms with Crippen LogP contribution in [0.25, 0.3) is 0 Å². The van der Waals surface area contributed by atoms with Gasteiger partial charge in [-0.25, -0.2) is 0 Å². The Hall–Kier alpha value is -2.96. The smallest absolute Gasteiger partial charge is 0.316 e. The van der Waals surface area contributed by atoms with Crippen LogP contribution in [0.3, 0.4) is 0 Å². The van der Waals surface area contributed by atoms with Crippen molar-refractivity contribution in [3.8, 4) is 11.5 Å². The van der Waals surface area contributed by atoms with Crippen molar-refractivity contribution >= 4 is 5.97 Å². The van der Waals surface area contributed by atoms with Gasteiger partial charge in [0.25, 0.3) is 0 Å². The summed E-state index contributed by atoms with van der Waals surface area (Å²) >= 11 is 0. The maximum Gasteiger partial charge on any atom is 0.316 e. The molecule has 23 heavy (non-hydrogen) atoms. The summed E-state index contributed by atoms with van der Waals surface area (Å²) in [5, 5.41) is 10.5. The highest BCUT2D eigenvalue weighted by molar-refractivity contribution is 5.76. The van der Waals surface area contributed by atoms with Gasteiger partial charge in [-0.2, -0.15) is 0 Å². The Morgan fingerprint density at radius 2 is 2.04 bits per heavy atom. The third-order valence-electron chi connectivity index (χ3n) is 3.50. The Labute approximate surface area is 132 Å². The molecule has 0 spiro atoms. The number of nitro groups is 1. The standard InChI is InChI=1S/C16H14N2O5/c19-16(14-8-15(14)18(20)21)22-10-11-3-5-12(6-4-11)23-13-2-1-7-17-9-13/h1-7,9,14-15H,8,10H2/t14-,15+/m1/s1. The molecule has 1 aliphatic carbocycles. The molecule has 0 N–H and O–H groups in total. The van der Waals surface area contributed by atoms with Crippen LogP contribution in [-0.2, 0) is 16.1 Å². The van der Waals surface area contributed by atoms with Crippen molar-refractivity contribution in [2.24, 2.45) is 5.92 Å². The lowest BCUT2D eigenvalue weighted by atomic mass is 10.2. The monoisotopic (exact) mass is 314 g/mol. The largest absolute Gasteiger partial charge is 0.460 e. The minimum atomic E-state index is -0.780. The molecule has 1 aromatic carbocycles. The van der Waals surface area contributed by atoms with Gasteiger partial charge in [0, 0.05) is 17.5 Å². The van der Waals surface area contributed by atoms with Crippen LogP contribution >= 0.6 is 0 Å². The van der Waals surface area contributed by atoms with Crippen LogP contribution in [-0.4, -0.2) is 21.9 Å². The first-order valence-electron chi connectivity index (χ1n) is 7.10. The normalized spacial score (nSPS) is 19.0. The van der Waals surface area contributed by atoms with Gasteiger partial charge in [0.1, 0.15) is 24.0 Å². The summed E-state index contributed by atoms with van der Waals surface area (Å²) in [5.74, 6) is 0.162. The van der Waals surface area contributed by atoms with Crippen molar-refractivity contribution in [3.05, 3.63) is 64.5 Å². The van der Waals surface area contributed by atoms with Crippen LogP contribution < -0.4 is 4.74 Å². The number of hydrogen-bond acceptors (Lipinski definition) is 6. The van der Waals surface area contributed by atoms with Crippen LogP contribution in [0.1, 0.15) is 12.0 Å². The van der Waals surface area contributed by atoms with E-state index >= 15 is 0 Å². The van der Waals surface area contributed by atoms with Crippen molar-refractivity contribution in [1.82, 2.24) is 4.98 Å². The van der Waals surface area contributed by atoms with Crippen molar-refractivity contribution < 1.29 is 19.2 Å². The molecular weight excluding hydrogens is 300 g/mol. The average molecular weight is 314 g/mol. The fourth-order valence-corrected chi connectivity index (χ4v) is 2.13. The lowest BCUT2D eigenvalue weighted by Crippen LogP contribution is -2.13. The second-order valence-corrected chi connectivity index (χ2v) is 5.24. The molecule has 0 unspecified atom stereocenters. The third-order valence-corrected chi connectivity index (χ3v) is 3.50. The predicted octanol–water partition coefficient (Wildman–Crippen LogP) is 2.58. The quantitative estimate of drug-likeness (QED) is 0.462. The molecule has 1 saturated carbocycles. The zero-order valence-electron chi connectivity index (χ0n) is 12.1. The van der Waals surface area contributed by atoms with Gasteiger partial charge in [-0.15, -0.1) is 0 Å². The molecule has 0 amide bonds. The molecule has 0 bridgehead atoms. The maximum absolute atomic E-state index is 11.6. The van der Waals surface area contributed by atoms with Gasteiger partial charge in [-0.1, -0.05) is 12.1 Å². The number of nitrogens with zero attached hydrogens (tertiary/aromatic N) is 2. The Morgan fingerprint density at radius 3 is 2.65 bits per heavy atom. The fourth-order valence-electron chi connectivity index (χ4n) is 2.13. The number of rotatable bonds is 6. The van der Waals surface area contributed by atoms with Gasteiger partial charge in [-0.3, -0.25) is 19.9 Å². The Bertz CT molecular complexity index is 702. The summed E-state index contributed by atoms with van der Waals surface area (Å²) in [4.78, 5) is 25.7. The third kappa shape index (κ3) is 3.82. The molecular formula is C16H14N2O5. The van der Waals surface area contributed by atoms with Crippen LogP contribution in [0, 0.1) is 16.0 Å². The number of carbonyl (C=O) groups is 1. The highest BCUT2D eigenvalue weighted by atomic mass is 16.6. The summed E-state index contributed by atoms with van der Waals surface area (Å²) < 4.78 is 10.7. The summed E-state index contributed by atoms with van der Waals surface area (Å²) in [5.41, 5.74) is 0.787. The van der Waals surface area contributed by atoms with E-state index < -0.39 is 22.9 Å². The number of esters is 1. The first-order chi connectivity index (χ1) is 11.1. The van der Waals surface area contributed by atoms with Gasteiger partial charge in [0.05, 0.1) is 6.20 Å². The first-order valence-corrected chi connectivity index (χ1v) is 7.10. The van der Waals surface area contributed by atoms with Crippen LogP contribution in [0.4, 0.5) is 0 Å². The van der Waals surface area contributed by atoms with E-state index in [9.17, 15) is 14.9 Å². The number of hydrogen-bond donors (Lipinski definition) is 0. The van der Waals surface area contributed by atoms with Crippen molar-refractivity contribution in [1.29, 1.82) is 0 Å². The molecule has 2 atom stereocenters. The van der Waals surface area contributed by atoms with Gasteiger partial charge in [0.2, 0.25) is 6.04 Å². The highest BCUT2D eigenvalue weighted by Gasteiger charge is 2.54. The van der Waals surface area contributed by atoms with E-state index in [-0.39, 0.29) is 13.0 Å². The SMILES string of the molecule is O=C(OCc1ccc(Oc2cccnc2)cc1)[C@@H]1C[C@@H]1[N+](=O)[O-]. The molecule has 0 saturated heterocycles. The Kier molecular flexibility index (Phi) is 4.18. The second kappa shape index (κ2) is 6.43. The number of ether oxygens (including phenoxy) is 2. The van der Waals surface area contributed by atoms with E-state index in [2.05, 4.69) is 4.98 Å². The van der Waals surface area contributed by atoms with Crippen LogP contribution in [0.15, 0.2) is 48.8 Å². The van der Waals surface area contributed by atoms with E-state index in [1.165, 1.54) is 0 Å². The maximum atomic E-state index is 11.6. The minimum absolute atomic E-state index is 0.0902. The zero-order valence-corrected chi connectivity index (χ0v) is 12.1. The lowest BCUT2D eigenvalue weighted by molar-refractivity contribution is -0.497. The number of aromatic nitrogens is 1. The zero-order chi connectivity index (χ0) is 16.2. The van der Waals surface area contributed by atoms with E-state index in [0.29, 0.717) is 11.5 Å². The van der Waals surface area contributed by atoms with E-state index in [4.69, 9.17) is 9.47 Å². The molecule has 1 fully saturated rings. The van der Waals surface area contributed by atoms with Gasteiger partial charge in [0.15, 0.2) is 0 Å². The Balaban J connectivity index is 1.50. The molecule has 7 nitrogen and oxygen atoms in total. The van der Waals surface area contributed by atoms with Gasteiger partial charge >= 0.3 is 5.97 Å². The summed E-state index contributed by atoms with van der Waals surface area (Å²) in [6.07, 6.45) is 3.54.